The molecule has 0 aliphatic heterocycles. The van der Waals surface area contributed by atoms with E-state index in [-0.39, 0.29) is 17.5 Å². The maximum Gasteiger partial charge on any atom is 0.306 e. The number of nitrogens with one attached hydrogen (secondary N) is 1. The molecule has 6 nitrogen and oxygen atoms in total. The Kier molecular flexibility index (Phi) is 4.22. The average Bonchev–Trinajstić information content (AvgIpc) is 2.86. The molecule has 1 saturated carbocycles. The van der Waals surface area contributed by atoms with Crippen LogP contribution in [0.15, 0.2) is 18.2 Å². The van der Waals surface area contributed by atoms with Crippen molar-refractivity contribution < 1.29 is 14.8 Å². The molecule has 6 heteroatoms. The van der Waals surface area contributed by atoms with Gasteiger partial charge in [-0.3, -0.25) is 14.9 Å². The molecule has 0 heterocycles. The Hall–Kier alpha value is -2.11. The fourth-order valence-electron chi connectivity index (χ4n) is 2.77. The van der Waals surface area contributed by atoms with Crippen molar-refractivity contribution >= 4 is 17.3 Å². The third-order valence-electron chi connectivity index (χ3n) is 3.95. The molecule has 0 saturated heterocycles. The van der Waals surface area contributed by atoms with Gasteiger partial charge in [-0.05, 0) is 31.7 Å². The summed E-state index contributed by atoms with van der Waals surface area (Å²) >= 11 is 0. The Morgan fingerprint density at radius 3 is 2.90 bits per heavy atom. The lowest BCUT2D eigenvalue weighted by Gasteiger charge is -2.17. The van der Waals surface area contributed by atoms with Crippen molar-refractivity contribution in [1.82, 2.24) is 0 Å². The van der Waals surface area contributed by atoms with Crippen LogP contribution in [0.2, 0.25) is 0 Å². The second-order valence-corrected chi connectivity index (χ2v) is 5.27. The van der Waals surface area contributed by atoms with Gasteiger partial charge in [-0.15, -0.1) is 0 Å². The van der Waals surface area contributed by atoms with Crippen LogP contribution in [0.4, 0.5) is 11.4 Å². The summed E-state index contributed by atoms with van der Waals surface area (Å²) in [4.78, 5) is 21.6. The van der Waals surface area contributed by atoms with Crippen molar-refractivity contribution in [3.05, 3.63) is 33.9 Å². The maximum atomic E-state index is 11.1. The van der Waals surface area contributed by atoms with Crippen LogP contribution in [0, 0.1) is 28.9 Å². The standard InChI is InChI=1S/C14H18N2O4/c1-9-5-6-11(7-13(9)16(19)20)15-8-10-3-2-4-12(10)14(17)18/h5-7,10,12,15H,2-4,8H2,1H3,(H,17,18). The molecule has 2 rings (SSSR count). The first-order valence-electron chi connectivity index (χ1n) is 6.70. The molecule has 0 bridgehead atoms. The summed E-state index contributed by atoms with van der Waals surface area (Å²) in [5.41, 5.74) is 1.36. The molecule has 1 aliphatic rings. The summed E-state index contributed by atoms with van der Waals surface area (Å²) in [6.45, 7) is 2.23. The van der Waals surface area contributed by atoms with Crippen LogP contribution < -0.4 is 5.32 Å². The summed E-state index contributed by atoms with van der Waals surface area (Å²) < 4.78 is 0. The van der Waals surface area contributed by atoms with Gasteiger partial charge in [-0.1, -0.05) is 12.5 Å². The fourth-order valence-corrected chi connectivity index (χ4v) is 2.77. The summed E-state index contributed by atoms with van der Waals surface area (Å²) in [6, 6.07) is 4.98. The van der Waals surface area contributed by atoms with Gasteiger partial charge >= 0.3 is 5.97 Å². The molecule has 1 fully saturated rings. The van der Waals surface area contributed by atoms with Gasteiger partial charge in [0.15, 0.2) is 0 Å². The largest absolute Gasteiger partial charge is 0.481 e. The molecular formula is C14H18N2O4. The molecular weight excluding hydrogens is 260 g/mol. The van der Waals surface area contributed by atoms with Crippen molar-refractivity contribution in [2.24, 2.45) is 11.8 Å². The summed E-state index contributed by atoms with van der Waals surface area (Å²) in [5, 5.41) is 23.1. The van der Waals surface area contributed by atoms with Crippen LogP contribution in [-0.4, -0.2) is 22.5 Å². The van der Waals surface area contributed by atoms with E-state index in [4.69, 9.17) is 5.11 Å². The minimum atomic E-state index is -0.746. The van der Waals surface area contributed by atoms with Crippen molar-refractivity contribution in [2.45, 2.75) is 26.2 Å². The van der Waals surface area contributed by atoms with Crippen LogP contribution >= 0.6 is 0 Å². The first kappa shape index (κ1) is 14.3. The third-order valence-corrected chi connectivity index (χ3v) is 3.95. The van der Waals surface area contributed by atoms with Gasteiger partial charge in [0.1, 0.15) is 0 Å². The van der Waals surface area contributed by atoms with E-state index in [0.717, 1.165) is 19.3 Å². The van der Waals surface area contributed by atoms with E-state index in [0.29, 0.717) is 17.8 Å². The number of nitro groups is 1. The van der Waals surface area contributed by atoms with E-state index in [1.54, 1.807) is 19.1 Å². The monoisotopic (exact) mass is 278 g/mol. The summed E-state index contributed by atoms with van der Waals surface area (Å²) in [6.07, 6.45) is 2.53. The number of aliphatic carboxylic acids is 1. The number of carboxylic acid groups (broad SMARTS) is 1. The normalized spacial score (nSPS) is 21.6. The van der Waals surface area contributed by atoms with Crippen molar-refractivity contribution in [1.29, 1.82) is 0 Å². The number of rotatable bonds is 5. The highest BCUT2D eigenvalue weighted by molar-refractivity contribution is 5.70. The van der Waals surface area contributed by atoms with Crippen LogP contribution in [0.3, 0.4) is 0 Å². The highest BCUT2D eigenvalue weighted by Gasteiger charge is 2.32. The lowest BCUT2D eigenvalue weighted by atomic mass is 9.96. The van der Waals surface area contributed by atoms with Gasteiger partial charge in [-0.25, -0.2) is 0 Å². The number of nitrogens with zero attached hydrogens (tertiary/aromatic N) is 1. The van der Waals surface area contributed by atoms with E-state index in [1.165, 1.54) is 6.07 Å². The van der Waals surface area contributed by atoms with Crippen molar-refractivity contribution in [2.75, 3.05) is 11.9 Å². The summed E-state index contributed by atoms with van der Waals surface area (Å²) in [5.74, 6) is -0.958. The van der Waals surface area contributed by atoms with Gasteiger partial charge in [0.25, 0.3) is 5.69 Å². The lowest BCUT2D eigenvalue weighted by molar-refractivity contribution is -0.385. The Bertz CT molecular complexity index is 530. The number of carbonyl (C=O) groups is 1. The zero-order valence-corrected chi connectivity index (χ0v) is 11.3. The van der Waals surface area contributed by atoms with Gasteiger partial charge in [0.05, 0.1) is 10.8 Å². The summed E-state index contributed by atoms with van der Waals surface area (Å²) in [7, 11) is 0. The maximum absolute atomic E-state index is 11.1. The molecule has 0 amide bonds. The lowest BCUT2D eigenvalue weighted by Crippen LogP contribution is -2.24. The van der Waals surface area contributed by atoms with Gasteiger partial charge < -0.3 is 10.4 Å². The predicted molar refractivity (Wildman–Crippen MR) is 74.8 cm³/mol. The fraction of sp³-hybridized carbons (Fsp3) is 0.500. The minimum Gasteiger partial charge on any atom is -0.481 e. The van der Waals surface area contributed by atoms with Crippen molar-refractivity contribution in [3.8, 4) is 0 Å². The highest BCUT2D eigenvalue weighted by atomic mass is 16.6. The first-order valence-corrected chi connectivity index (χ1v) is 6.70. The van der Waals surface area contributed by atoms with E-state index in [9.17, 15) is 14.9 Å². The molecule has 2 atom stereocenters. The van der Waals surface area contributed by atoms with E-state index in [1.807, 2.05) is 0 Å². The number of carboxylic acids is 1. The first-order chi connectivity index (χ1) is 9.49. The third kappa shape index (κ3) is 3.07. The predicted octanol–water partition coefficient (Wildman–Crippen LogP) is 2.82. The number of anilines is 1. The number of nitro benzene ring substituents is 1. The number of hydrogen-bond donors (Lipinski definition) is 2. The zero-order valence-electron chi connectivity index (χ0n) is 11.3. The minimum absolute atomic E-state index is 0.0798. The zero-order chi connectivity index (χ0) is 14.7. The van der Waals surface area contributed by atoms with E-state index < -0.39 is 10.9 Å². The molecule has 108 valence electrons. The van der Waals surface area contributed by atoms with Gasteiger partial charge in [0.2, 0.25) is 0 Å². The van der Waals surface area contributed by atoms with Gasteiger partial charge in [0, 0.05) is 23.9 Å². The molecule has 1 aromatic rings. The highest BCUT2D eigenvalue weighted by Crippen LogP contribution is 2.32. The smallest absolute Gasteiger partial charge is 0.306 e. The van der Waals surface area contributed by atoms with Crippen LogP contribution in [0.25, 0.3) is 0 Å². The molecule has 20 heavy (non-hydrogen) atoms. The van der Waals surface area contributed by atoms with E-state index in [2.05, 4.69) is 5.32 Å². The molecule has 1 aliphatic carbocycles. The molecule has 2 unspecified atom stereocenters. The molecule has 0 spiro atoms. The number of benzene rings is 1. The number of aryl methyl sites for hydroxylation is 1. The Labute approximate surface area is 117 Å². The van der Waals surface area contributed by atoms with Crippen LogP contribution in [-0.2, 0) is 4.79 Å². The molecule has 2 N–H and O–H groups in total. The second-order valence-electron chi connectivity index (χ2n) is 5.27. The van der Waals surface area contributed by atoms with Crippen molar-refractivity contribution in [3.63, 3.8) is 0 Å². The Morgan fingerprint density at radius 2 is 2.25 bits per heavy atom. The topological polar surface area (TPSA) is 92.5 Å². The second kappa shape index (κ2) is 5.90. The van der Waals surface area contributed by atoms with E-state index >= 15 is 0 Å². The Morgan fingerprint density at radius 1 is 1.50 bits per heavy atom. The van der Waals surface area contributed by atoms with Crippen LogP contribution in [0.1, 0.15) is 24.8 Å². The molecule has 1 aromatic carbocycles. The Balaban J connectivity index is 2.02. The van der Waals surface area contributed by atoms with Gasteiger partial charge in [-0.2, -0.15) is 0 Å². The number of hydrogen-bond acceptors (Lipinski definition) is 4. The SMILES string of the molecule is Cc1ccc(NCC2CCCC2C(=O)O)cc1[N+](=O)[O-]. The average molecular weight is 278 g/mol. The quantitative estimate of drug-likeness (QED) is 0.638. The molecule has 0 aromatic heterocycles. The van der Waals surface area contributed by atoms with Crippen LogP contribution in [0.5, 0.6) is 0 Å². The molecule has 0 radical (unpaired) electrons.